The molecule has 0 aromatic carbocycles. The Morgan fingerprint density at radius 3 is 2.81 bits per heavy atom. The molecule has 16 heavy (non-hydrogen) atoms. The summed E-state index contributed by atoms with van der Waals surface area (Å²) in [5.74, 6) is -1.33. The number of nitrogens with zero attached hydrogens (tertiary/aromatic N) is 3. The third kappa shape index (κ3) is 1.90. The Labute approximate surface area is 96.0 Å². The number of carbonyl (C=O) groups excluding carboxylic acids is 1. The van der Waals surface area contributed by atoms with Gasteiger partial charge in [0.1, 0.15) is 0 Å². The third-order valence-corrected chi connectivity index (χ3v) is 3.38. The highest BCUT2D eigenvalue weighted by Crippen LogP contribution is 2.25. The van der Waals surface area contributed by atoms with E-state index in [1.807, 2.05) is 0 Å². The molecular formula is C9H11N3O3S. The van der Waals surface area contributed by atoms with E-state index in [4.69, 9.17) is 5.11 Å². The van der Waals surface area contributed by atoms with E-state index in [2.05, 4.69) is 9.59 Å². The van der Waals surface area contributed by atoms with E-state index < -0.39 is 11.9 Å². The number of carbonyl (C=O) groups is 2. The van der Waals surface area contributed by atoms with Crippen LogP contribution in [0.5, 0.6) is 0 Å². The maximum Gasteiger partial charge on any atom is 0.306 e. The van der Waals surface area contributed by atoms with Crippen molar-refractivity contribution in [3.8, 4) is 0 Å². The molecule has 0 radical (unpaired) electrons. The molecule has 0 bridgehead atoms. The van der Waals surface area contributed by atoms with Gasteiger partial charge in [0.25, 0.3) is 5.91 Å². The second-order valence-electron chi connectivity index (χ2n) is 3.89. The van der Waals surface area contributed by atoms with Crippen molar-refractivity contribution in [1.29, 1.82) is 0 Å². The van der Waals surface area contributed by atoms with Gasteiger partial charge in [0.05, 0.1) is 5.92 Å². The topological polar surface area (TPSA) is 83.4 Å². The Morgan fingerprint density at radius 2 is 2.31 bits per heavy atom. The summed E-state index contributed by atoms with van der Waals surface area (Å²) >= 11 is 1.13. The number of hydrogen-bond donors (Lipinski definition) is 1. The van der Waals surface area contributed by atoms with Crippen LogP contribution in [0.25, 0.3) is 0 Å². The monoisotopic (exact) mass is 241 g/mol. The summed E-state index contributed by atoms with van der Waals surface area (Å²) in [6.07, 6.45) is 0. The van der Waals surface area contributed by atoms with E-state index in [1.165, 1.54) is 0 Å². The molecular weight excluding hydrogens is 230 g/mol. The molecule has 1 amide bonds. The zero-order valence-corrected chi connectivity index (χ0v) is 9.48. The molecule has 6 nitrogen and oxygen atoms in total. The first-order valence-corrected chi connectivity index (χ1v) is 5.72. The lowest BCUT2D eigenvalue weighted by Gasteiger charge is -2.40. The number of amides is 1. The average molecular weight is 241 g/mol. The molecule has 7 heteroatoms. The van der Waals surface area contributed by atoms with Gasteiger partial charge < -0.3 is 10.0 Å². The van der Waals surface area contributed by atoms with E-state index in [9.17, 15) is 9.59 Å². The van der Waals surface area contributed by atoms with Crippen LogP contribution in [-0.4, -0.2) is 44.6 Å². The SMILES string of the molecule is CC(C(=O)O)C1CN(C(=O)c2csnn2)C1. The largest absolute Gasteiger partial charge is 0.481 e. The second kappa shape index (κ2) is 4.17. The third-order valence-electron chi connectivity index (χ3n) is 2.87. The van der Waals surface area contributed by atoms with Gasteiger partial charge >= 0.3 is 5.97 Å². The molecule has 86 valence electrons. The summed E-state index contributed by atoms with van der Waals surface area (Å²) in [6, 6.07) is 0. The van der Waals surface area contributed by atoms with Crippen molar-refractivity contribution in [1.82, 2.24) is 14.5 Å². The van der Waals surface area contributed by atoms with Crippen molar-refractivity contribution < 1.29 is 14.7 Å². The maximum atomic E-state index is 11.7. The first-order chi connectivity index (χ1) is 7.59. The smallest absolute Gasteiger partial charge is 0.306 e. The van der Waals surface area contributed by atoms with Gasteiger partial charge in [0.2, 0.25) is 0 Å². The number of hydrogen-bond acceptors (Lipinski definition) is 5. The quantitative estimate of drug-likeness (QED) is 0.824. The molecule has 0 aliphatic carbocycles. The molecule has 0 spiro atoms. The van der Waals surface area contributed by atoms with Crippen LogP contribution in [0, 0.1) is 11.8 Å². The minimum atomic E-state index is -0.813. The van der Waals surface area contributed by atoms with Crippen molar-refractivity contribution in [3.63, 3.8) is 0 Å². The van der Waals surface area contributed by atoms with Crippen molar-refractivity contribution >= 4 is 23.4 Å². The number of rotatable bonds is 3. The second-order valence-corrected chi connectivity index (χ2v) is 4.50. The Balaban J connectivity index is 1.89. The Bertz CT molecular complexity index is 400. The van der Waals surface area contributed by atoms with E-state index >= 15 is 0 Å². The molecule has 0 saturated carbocycles. The van der Waals surface area contributed by atoms with Crippen LogP contribution in [-0.2, 0) is 4.79 Å². The Morgan fingerprint density at radius 1 is 1.62 bits per heavy atom. The lowest BCUT2D eigenvalue weighted by atomic mass is 9.87. The maximum absolute atomic E-state index is 11.7. The number of likely N-dealkylation sites (tertiary alicyclic amines) is 1. The lowest BCUT2D eigenvalue weighted by molar-refractivity contribution is -0.144. The standard InChI is InChI=1S/C9H11N3O3S/c1-5(9(14)15)6-2-12(3-6)8(13)7-4-16-11-10-7/h4-6H,2-3H2,1H3,(H,14,15). The van der Waals surface area contributed by atoms with Crippen LogP contribution in [0.4, 0.5) is 0 Å². The van der Waals surface area contributed by atoms with Gasteiger partial charge in [-0.2, -0.15) is 0 Å². The van der Waals surface area contributed by atoms with E-state index in [1.54, 1.807) is 17.2 Å². The highest BCUT2D eigenvalue weighted by atomic mass is 32.1. The molecule has 1 atom stereocenters. The summed E-state index contributed by atoms with van der Waals surface area (Å²) in [5.41, 5.74) is 0.339. The molecule has 1 N–H and O–H groups in total. The summed E-state index contributed by atoms with van der Waals surface area (Å²) in [7, 11) is 0. The minimum Gasteiger partial charge on any atom is -0.481 e. The summed E-state index contributed by atoms with van der Waals surface area (Å²) in [4.78, 5) is 24.0. The number of aliphatic carboxylic acids is 1. The van der Waals surface area contributed by atoms with Crippen molar-refractivity contribution in [2.24, 2.45) is 11.8 Å². The van der Waals surface area contributed by atoms with E-state index in [0.29, 0.717) is 18.8 Å². The lowest BCUT2D eigenvalue weighted by Crippen LogP contribution is -2.53. The van der Waals surface area contributed by atoms with Gasteiger partial charge in [0.15, 0.2) is 5.69 Å². The van der Waals surface area contributed by atoms with Gasteiger partial charge in [-0.3, -0.25) is 9.59 Å². The highest BCUT2D eigenvalue weighted by molar-refractivity contribution is 7.03. The number of aromatic nitrogens is 2. The Hall–Kier alpha value is -1.50. The zero-order valence-electron chi connectivity index (χ0n) is 8.66. The van der Waals surface area contributed by atoms with Crippen LogP contribution >= 0.6 is 11.5 Å². The number of carboxylic acid groups (broad SMARTS) is 1. The van der Waals surface area contributed by atoms with Gasteiger partial charge in [-0.15, -0.1) is 5.10 Å². The molecule has 1 fully saturated rings. The fourth-order valence-electron chi connectivity index (χ4n) is 1.62. The van der Waals surface area contributed by atoms with E-state index in [0.717, 1.165) is 11.5 Å². The molecule has 1 aliphatic rings. The predicted molar refractivity (Wildman–Crippen MR) is 56.1 cm³/mol. The van der Waals surface area contributed by atoms with Crippen LogP contribution < -0.4 is 0 Å². The Kier molecular flexibility index (Phi) is 2.86. The molecule has 2 heterocycles. The normalized spacial score (nSPS) is 17.9. The van der Waals surface area contributed by atoms with Gasteiger partial charge in [-0.25, -0.2) is 0 Å². The van der Waals surface area contributed by atoms with Crippen LogP contribution in [0.2, 0.25) is 0 Å². The van der Waals surface area contributed by atoms with Crippen LogP contribution in [0.1, 0.15) is 17.4 Å². The summed E-state index contributed by atoms with van der Waals surface area (Å²) in [6.45, 7) is 2.65. The van der Waals surface area contributed by atoms with Gasteiger partial charge in [-0.05, 0) is 11.5 Å². The molecule has 1 aliphatic heterocycles. The molecule has 1 unspecified atom stereocenters. The van der Waals surface area contributed by atoms with E-state index in [-0.39, 0.29) is 11.8 Å². The first-order valence-electron chi connectivity index (χ1n) is 4.88. The fourth-order valence-corrected chi connectivity index (χ4v) is 2.05. The number of carboxylic acids is 1. The first kappa shape index (κ1) is 11.0. The molecule has 1 aromatic heterocycles. The van der Waals surface area contributed by atoms with Crippen molar-refractivity contribution in [2.45, 2.75) is 6.92 Å². The van der Waals surface area contributed by atoms with Gasteiger partial charge in [-0.1, -0.05) is 11.4 Å². The average Bonchev–Trinajstić information content (AvgIpc) is 2.67. The molecule has 1 saturated heterocycles. The van der Waals surface area contributed by atoms with Crippen LogP contribution in [0.15, 0.2) is 5.38 Å². The summed E-state index contributed by atoms with van der Waals surface area (Å²) < 4.78 is 3.62. The minimum absolute atomic E-state index is 0.0491. The van der Waals surface area contributed by atoms with Gasteiger partial charge in [0, 0.05) is 24.4 Å². The molecule has 1 aromatic rings. The fraction of sp³-hybridized carbons (Fsp3) is 0.556. The summed E-state index contributed by atoms with van der Waals surface area (Å²) in [5, 5.41) is 14.1. The van der Waals surface area contributed by atoms with Crippen molar-refractivity contribution in [2.75, 3.05) is 13.1 Å². The highest BCUT2D eigenvalue weighted by Gasteiger charge is 2.37. The van der Waals surface area contributed by atoms with Crippen LogP contribution in [0.3, 0.4) is 0 Å². The van der Waals surface area contributed by atoms with Crippen molar-refractivity contribution in [3.05, 3.63) is 11.1 Å². The predicted octanol–water partition coefficient (Wildman–Crippen LogP) is 0.331. The molecule has 2 rings (SSSR count). The zero-order chi connectivity index (χ0) is 11.7.